The van der Waals surface area contributed by atoms with Crippen LogP contribution in [0.15, 0.2) is 36.4 Å². The number of ether oxygens (including phenoxy) is 1. The van der Waals surface area contributed by atoms with Crippen molar-refractivity contribution >= 4 is 18.3 Å². The van der Waals surface area contributed by atoms with Crippen molar-refractivity contribution < 1.29 is 22.8 Å². The molecule has 27 heavy (non-hydrogen) atoms. The van der Waals surface area contributed by atoms with Crippen LogP contribution in [0.2, 0.25) is 0 Å². The zero-order valence-electron chi connectivity index (χ0n) is 16.2. The van der Waals surface area contributed by atoms with Crippen molar-refractivity contribution in [1.29, 1.82) is 0 Å². The third-order valence-electron chi connectivity index (χ3n) is 5.24. The van der Waals surface area contributed by atoms with Gasteiger partial charge in [-0.1, -0.05) is 12.1 Å². The first-order valence-corrected chi connectivity index (χ1v) is 8.84. The fraction of sp³-hybridized carbons (Fsp3) is 0.400. The topological polar surface area (TPSA) is 39.7 Å². The number of hydrogen-bond donors (Lipinski definition) is 1. The summed E-state index contributed by atoms with van der Waals surface area (Å²) in [5, 5.41) is 2.92. The summed E-state index contributed by atoms with van der Waals surface area (Å²) in [7, 11) is 0.646. The molecule has 144 valence electrons. The molecule has 0 saturated carbocycles. The Morgan fingerprint density at radius 1 is 0.963 bits per heavy atom. The first-order chi connectivity index (χ1) is 12.6. The third kappa shape index (κ3) is 3.94. The van der Waals surface area contributed by atoms with E-state index in [1.165, 1.54) is 0 Å². The van der Waals surface area contributed by atoms with Crippen molar-refractivity contribution in [3.8, 4) is 5.75 Å². The number of anilines is 1. The summed E-state index contributed by atoms with van der Waals surface area (Å²) < 4.78 is 45.9. The zero-order valence-corrected chi connectivity index (χ0v) is 16.2. The lowest BCUT2D eigenvalue weighted by Crippen LogP contribution is -2.41. The largest absolute Gasteiger partial charge is 0.497 e. The SMILES string of the molecule is COc1ccc(CNc2cc(F)c(B3OC(C)(C)C(C)(C)O3)cc2F)cc1. The molecule has 1 heterocycles. The van der Waals surface area contributed by atoms with Gasteiger partial charge < -0.3 is 19.4 Å². The molecule has 1 fully saturated rings. The van der Waals surface area contributed by atoms with Crippen LogP contribution in [0.3, 0.4) is 0 Å². The normalized spacial score (nSPS) is 17.8. The molecule has 0 spiro atoms. The Hall–Kier alpha value is -2.12. The minimum Gasteiger partial charge on any atom is -0.497 e. The number of benzene rings is 2. The van der Waals surface area contributed by atoms with Gasteiger partial charge in [-0.2, -0.15) is 0 Å². The predicted octanol–water partition coefficient (Wildman–Crippen LogP) is 3.88. The lowest BCUT2D eigenvalue weighted by molar-refractivity contribution is 0.00578. The number of halogens is 2. The maximum atomic E-state index is 14.6. The summed E-state index contributed by atoms with van der Waals surface area (Å²) in [5.41, 5.74) is -0.173. The molecule has 2 aromatic rings. The maximum absolute atomic E-state index is 14.6. The summed E-state index contributed by atoms with van der Waals surface area (Å²) in [6, 6.07) is 9.62. The molecule has 0 aromatic heterocycles. The summed E-state index contributed by atoms with van der Waals surface area (Å²) in [6.07, 6.45) is 0. The average molecular weight is 375 g/mol. The molecule has 0 bridgehead atoms. The van der Waals surface area contributed by atoms with Crippen LogP contribution in [-0.4, -0.2) is 25.4 Å². The fourth-order valence-corrected chi connectivity index (χ4v) is 2.79. The van der Waals surface area contributed by atoms with Crippen LogP contribution in [0, 0.1) is 11.6 Å². The molecule has 4 nitrogen and oxygen atoms in total. The second kappa shape index (κ2) is 7.13. The predicted molar refractivity (Wildman–Crippen MR) is 102 cm³/mol. The molecular formula is C20H24BF2NO3. The molecule has 1 saturated heterocycles. The molecule has 1 aliphatic rings. The van der Waals surface area contributed by atoms with Crippen LogP contribution in [-0.2, 0) is 15.9 Å². The van der Waals surface area contributed by atoms with E-state index in [1.54, 1.807) is 7.11 Å². The summed E-state index contributed by atoms with van der Waals surface area (Å²) >= 11 is 0. The molecule has 0 amide bonds. The third-order valence-corrected chi connectivity index (χ3v) is 5.24. The molecule has 0 radical (unpaired) electrons. The molecule has 2 aromatic carbocycles. The monoisotopic (exact) mass is 375 g/mol. The highest BCUT2D eigenvalue weighted by atomic mass is 19.1. The molecule has 1 N–H and O–H groups in total. The van der Waals surface area contributed by atoms with Crippen molar-refractivity contribution in [3.63, 3.8) is 0 Å². The summed E-state index contributed by atoms with van der Waals surface area (Å²) in [5.74, 6) is -0.399. The van der Waals surface area contributed by atoms with Gasteiger partial charge in [0.25, 0.3) is 0 Å². The van der Waals surface area contributed by atoms with E-state index in [2.05, 4.69) is 5.32 Å². The van der Waals surface area contributed by atoms with Crippen molar-refractivity contribution in [3.05, 3.63) is 53.6 Å². The summed E-state index contributed by atoms with van der Waals surface area (Å²) in [4.78, 5) is 0. The Morgan fingerprint density at radius 3 is 2.11 bits per heavy atom. The van der Waals surface area contributed by atoms with E-state index in [4.69, 9.17) is 14.0 Å². The molecule has 3 rings (SSSR count). The van der Waals surface area contributed by atoms with E-state index in [-0.39, 0.29) is 11.2 Å². The van der Waals surface area contributed by atoms with Gasteiger partial charge in [-0.3, -0.25) is 0 Å². The first kappa shape index (κ1) is 19.6. The maximum Gasteiger partial charge on any atom is 0.497 e. The molecule has 0 aliphatic carbocycles. The summed E-state index contributed by atoms with van der Waals surface area (Å²) in [6.45, 7) is 7.83. The van der Waals surface area contributed by atoms with Gasteiger partial charge in [-0.15, -0.1) is 0 Å². The van der Waals surface area contributed by atoms with E-state index < -0.39 is 30.0 Å². The average Bonchev–Trinajstić information content (AvgIpc) is 2.83. The highest BCUT2D eigenvalue weighted by Gasteiger charge is 2.52. The minimum atomic E-state index is -0.944. The van der Waals surface area contributed by atoms with Gasteiger partial charge >= 0.3 is 7.12 Å². The van der Waals surface area contributed by atoms with Crippen molar-refractivity contribution in [2.45, 2.75) is 45.4 Å². The van der Waals surface area contributed by atoms with E-state index in [9.17, 15) is 8.78 Å². The van der Waals surface area contributed by atoms with Gasteiger partial charge in [0, 0.05) is 12.0 Å². The minimum absolute atomic E-state index is 0.0566. The highest BCUT2D eigenvalue weighted by molar-refractivity contribution is 6.62. The number of nitrogens with one attached hydrogen (secondary N) is 1. The van der Waals surface area contributed by atoms with Gasteiger partial charge in [0.15, 0.2) is 0 Å². The van der Waals surface area contributed by atoms with E-state index >= 15 is 0 Å². The van der Waals surface area contributed by atoms with Crippen molar-refractivity contribution in [2.24, 2.45) is 0 Å². The Bertz CT molecular complexity index is 809. The van der Waals surface area contributed by atoms with Gasteiger partial charge in [0.1, 0.15) is 17.4 Å². The fourth-order valence-electron chi connectivity index (χ4n) is 2.79. The lowest BCUT2D eigenvalue weighted by Gasteiger charge is -2.32. The van der Waals surface area contributed by atoms with Crippen LogP contribution in [0.4, 0.5) is 14.5 Å². The second-order valence-electron chi connectivity index (χ2n) is 7.64. The van der Waals surface area contributed by atoms with Crippen molar-refractivity contribution in [1.82, 2.24) is 0 Å². The van der Waals surface area contributed by atoms with E-state index in [0.29, 0.717) is 6.54 Å². The van der Waals surface area contributed by atoms with Crippen LogP contribution in [0.25, 0.3) is 0 Å². The van der Waals surface area contributed by atoms with Gasteiger partial charge in [0.05, 0.1) is 24.0 Å². The second-order valence-corrected chi connectivity index (χ2v) is 7.64. The lowest BCUT2D eigenvalue weighted by atomic mass is 9.78. The molecular weight excluding hydrogens is 351 g/mol. The van der Waals surface area contributed by atoms with Gasteiger partial charge in [-0.25, -0.2) is 8.78 Å². The van der Waals surface area contributed by atoms with E-state index in [0.717, 1.165) is 23.4 Å². The van der Waals surface area contributed by atoms with Crippen LogP contribution in [0.1, 0.15) is 33.3 Å². The van der Waals surface area contributed by atoms with Gasteiger partial charge in [0.2, 0.25) is 0 Å². The van der Waals surface area contributed by atoms with Gasteiger partial charge in [-0.05, 0) is 57.5 Å². The quantitative estimate of drug-likeness (QED) is 0.806. The Labute approximate surface area is 159 Å². The zero-order chi connectivity index (χ0) is 19.8. The van der Waals surface area contributed by atoms with Crippen molar-refractivity contribution in [2.75, 3.05) is 12.4 Å². The van der Waals surface area contributed by atoms with Crippen LogP contribution >= 0.6 is 0 Å². The smallest absolute Gasteiger partial charge is 0.497 e. The number of rotatable bonds is 5. The Kier molecular flexibility index (Phi) is 5.19. The highest BCUT2D eigenvalue weighted by Crippen LogP contribution is 2.36. The standard InChI is InChI=1S/C20H24BF2NO3/c1-19(2)20(3,4)27-21(26-19)15-10-17(23)18(11-16(15)22)24-12-13-6-8-14(25-5)9-7-13/h6-11,24H,12H2,1-5H3. The molecule has 0 unspecified atom stereocenters. The molecule has 7 heteroatoms. The Morgan fingerprint density at radius 2 is 1.56 bits per heavy atom. The molecule has 0 atom stereocenters. The van der Waals surface area contributed by atoms with Crippen LogP contribution < -0.4 is 15.5 Å². The first-order valence-electron chi connectivity index (χ1n) is 8.84. The van der Waals surface area contributed by atoms with E-state index in [1.807, 2.05) is 52.0 Å². The van der Waals surface area contributed by atoms with Crippen LogP contribution in [0.5, 0.6) is 5.75 Å². The number of methoxy groups -OCH3 is 1. The Balaban J connectivity index is 1.75. The number of hydrogen-bond acceptors (Lipinski definition) is 4. The molecule has 1 aliphatic heterocycles.